The number of hydrogen-bond acceptors (Lipinski definition) is 10. The van der Waals surface area contributed by atoms with Gasteiger partial charge in [-0.25, -0.2) is 0 Å². The molecule has 56 heavy (non-hydrogen) atoms. The second-order valence-electron chi connectivity index (χ2n) is 18.0. The van der Waals surface area contributed by atoms with E-state index in [9.17, 15) is 20.1 Å². The van der Waals surface area contributed by atoms with Crippen LogP contribution in [0.25, 0.3) is 10.9 Å². The summed E-state index contributed by atoms with van der Waals surface area (Å²) in [6.07, 6.45) is 5.78. The van der Waals surface area contributed by atoms with E-state index in [-0.39, 0.29) is 12.0 Å². The average molecular weight is 768 g/mol. The second kappa shape index (κ2) is 12.5. The van der Waals surface area contributed by atoms with Gasteiger partial charge in [0.1, 0.15) is 17.3 Å². The van der Waals surface area contributed by atoms with Gasteiger partial charge in [-0.05, 0) is 87.2 Å². The number of aryl methyl sites for hydroxylation is 1. The maximum Gasteiger partial charge on any atom is 0.322 e. The van der Waals surface area contributed by atoms with Gasteiger partial charge in [0.15, 0.2) is 5.60 Å². The van der Waals surface area contributed by atoms with Gasteiger partial charge in [-0.15, -0.1) is 0 Å². The Labute approximate surface area is 328 Å². The minimum atomic E-state index is -2.30. The van der Waals surface area contributed by atoms with E-state index in [4.69, 9.17) is 15.2 Å². The third-order valence-corrected chi connectivity index (χ3v) is 15.5. The van der Waals surface area contributed by atoms with E-state index < -0.39 is 51.5 Å². The molecule has 1 aromatic heterocycles. The van der Waals surface area contributed by atoms with Crippen LogP contribution in [0.3, 0.4) is 0 Å². The SMILES string of the molecule is CC[C@]1(O)C[C@@H]2CN(CCc3c([nH]c4ccc(C)cc34)[C@@](C(=O)OC)(c3cc4c(cc3OC)N(C)[C@H]3[C@@](O)(C(N)=O)[C@H](O)[C@]5(CC)C=CCN6CC[C@]43[C@@H]65)C2)C1. The molecule has 6 N–H and O–H groups in total. The van der Waals surface area contributed by atoms with E-state index in [0.717, 1.165) is 52.1 Å². The maximum absolute atomic E-state index is 15.3. The van der Waals surface area contributed by atoms with Crippen LogP contribution in [0, 0.1) is 18.3 Å². The van der Waals surface area contributed by atoms with Crippen molar-refractivity contribution in [2.24, 2.45) is 17.1 Å². The number of aliphatic hydroxyl groups excluding tert-OH is 1. The van der Waals surface area contributed by atoms with E-state index in [1.165, 1.54) is 7.11 Å². The van der Waals surface area contributed by atoms with Crippen molar-refractivity contribution in [3.63, 3.8) is 0 Å². The molecule has 2 aromatic carbocycles. The largest absolute Gasteiger partial charge is 0.496 e. The molecule has 12 nitrogen and oxygen atoms in total. The predicted octanol–water partition coefficient (Wildman–Crippen LogP) is 3.04. The third-order valence-electron chi connectivity index (χ3n) is 15.5. The van der Waals surface area contributed by atoms with Crippen molar-refractivity contribution < 1.29 is 34.4 Å². The van der Waals surface area contributed by atoms with Crippen LogP contribution in [0.4, 0.5) is 5.69 Å². The second-order valence-corrected chi connectivity index (χ2v) is 18.0. The molecule has 1 amide bonds. The number of nitrogens with zero attached hydrogens (tertiary/aromatic N) is 3. The number of nitrogens with one attached hydrogen (secondary N) is 1. The Balaban J connectivity index is 1.37. The van der Waals surface area contributed by atoms with Gasteiger partial charge in [0.2, 0.25) is 0 Å². The lowest BCUT2D eigenvalue weighted by Gasteiger charge is -2.63. The Kier molecular flexibility index (Phi) is 8.42. The lowest BCUT2D eigenvalue weighted by atomic mass is 9.47. The number of aliphatic hydroxyl groups is 3. The monoisotopic (exact) mass is 767 g/mol. The van der Waals surface area contributed by atoms with E-state index in [1.54, 1.807) is 7.11 Å². The third kappa shape index (κ3) is 4.59. The van der Waals surface area contributed by atoms with Crippen molar-refractivity contribution in [2.45, 2.75) is 99.5 Å². The van der Waals surface area contributed by atoms with Crippen LogP contribution < -0.4 is 15.4 Å². The summed E-state index contributed by atoms with van der Waals surface area (Å²) in [5, 5.41) is 38.1. The Bertz CT molecular complexity index is 2170. The number of rotatable bonds is 6. The Morgan fingerprint density at radius 3 is 2.52 bits per heavy atom. The molecule has 10 atom stereocenters. The molecule has 6 aliphatic rings. The number of H-pyrrole nitrogens is 1. The molecule has 3 aromatic rings. The number of ether oxygens (including phenoxy) is 2. The van der Waals surface area contributed by atoms with Gasteiger partial charge in [0.05, 0.1) is 25.9 Å². The highest BCUT2D eigenvalue weighted by Crippen LogP contribution is 2.67. The molecule has 5 aliphatic heterocycles. The van der Waals surface area contributed by atoms with Crippen molar-refractivity contribution in [3.8, 4) is 5.75 Å². The van der Waals surface area contributed by atoms with Crippen LogP contribution in [-0.2, 0) is 31.6 Å². The summed E-state index contributed by atoms with van der Waals surface area (Å²) in [7, 11) is 4.90. The molecule has 3 fully saturated rings. The van der Waals surface area contributed by atoms with Gasteiger partial charge >= 0.3 is 5.97 Å². The van der Waals surface area contributed by atoms with Crippen LogP contribution >= 0.6 is 0 Å². The molecule has 2 bridgehead atoms. The summed E-state index contributed by atoms with van der Waals surface area (Å²) < 4.78 is 12.3. The standard InChI is InChI=1S/C44H57N5O7/c1-7-40(53)21-26-22-43(39(52)56-6,34-27(12-16-48(23-26)24-40)28-18-25(3)10-11-31(28)46-34)30-19-29-32(20-33(30)55-5)47(4)36-42(29)14-17-49-15-9-13-41(8-2,35(42)49)37(50)44(36,54)38(45)51/h9-11,13,18-20,26,35-37,46,50,53-54H,7-8,12,14-17,21-24H2,1-6H3,(H2,45,51)/t26-,35-,36+,37+,40-,41+,42+,43-,44-/m0/s1. The highest BCUT2D eigenvalue weighted by Gasteiger charge is 2.78. The number of anilines is 1. The number of fused-ring (bicyclic) bond motifs is 6. The minimum absolute atomic E-state index is 0.0820. The summed E-state index contributed by atoms with van der Waals surface area (Å²) in [4.78, 5) is 39.4. The molecule has 12 heteroatoms. The summed E-state index contributed by atoms with van der Waals surface area (Å²) >= 11 is 0. The van der Waals surface area contributed by atoms with Crippen molar-refractivity contribution in [1.82, 2.24) is 14.8 Å². The summed E-state index contributed by atoms with van der Waals surface area (Å²) in [6.45, 7) is 9.47. The van der Waals surface area contributed by atoms with Crippen LogP contribution in [0.15, 0.2) is 42.5 Å². The van der Waals surface area contributed by atoms with Gasteiger partial charge in [0, 0.05) is 84.0 Å². The number of benzene rings is 2. The zero-order valence-electron chi connectivity index (χ0n) is 33.5. The van der Waals surface area contributed by atoms with E-state index in [1.807, 2.05) is 44.0 Å². The first kappa shape index (κ1) is 37.6. The molecular formula is C44H57N5O7. The van der Waals surface area contributed by atoms with Gasteiger partial charge in [-0.3, -0.25) is 19.4 Å². The van der Waals surface area contributed by atoms with Crippen LogP contribution in [-0.4, -0.2) is 125 Å². The van der Waals surface area contributed by atoms with E-state index in [2.05, 4.69) is 46.0 Å². The number of piperidine rings is 1. The number of carbonyl (C=O) groups is 2. The normalized spacial score (nSPS) is 38.5. The molecule has 1 unspecified atom stereocenters. The Hall–Kier alpha value is -3.94. The molecule has 2 saturated heterocycles. The van der Waals surface area contributed by atoms with Gasteiger partial charge < -0.3 is 40.4 Å². The number of hydrogen-bond donors (Lipinski definition) is 5. The first-order chi connectivity index (χ1) is 26.7. The number of amides is 1. The number of methoxy groups -OCH3 is 2. The van der Waals surface area contributed by atoms with Gasteiger partial charge in [0.25, 0.3) is 5.91 Å². The van der Waals surface area contributed by atoms with Crippen LogP contribution in [0.2, 0.25) is 0 Å². The fourth-order valence-corrected chi connectivity index (χ4v) is 13.2. The number of likely N-dealkylation sites (N-methyl/N-ethyl adjacent to an activating group) is 1. The van der Waals surface area contributed by atoms with Gasteiger partial charge in [-0.1, -0.05) is 37.6 Å². The smallest absolute Gasteiger partial charge is 0.322 e. The van der Waals surface area contributed by atoms with Gasteiger partial charge in [-0.2, -0.15) is 0 Å². The minimum Gasteiger partial charge on any atom is -0.496 e. The van der Waals surface area contributed by atoms with Crippen molar-refractivity contribution in [1.29, 1.82) is 0 Å². The molecule has 0 radical (unpaired) electrons. The Morgan fingerprint density at radius 1 is 1.04 bits per heavy atom. The number of primary amides is 1. The summed E-state index contributed by atoms with van der Waals surface area (Å²) in [5.74, 6) is -1.00. The van der Waals surface area contributed by atoms with E-state index in [0.29, 0.717) is 69.5 Å². The van der Waals surface area contributed by atoms with E-state index >= 15 is 4.79 Å². The first-order valence-corrected chi connectivity index (χ1v) is 20.4. The molecule has 300 valence electrons. The molecular weight excluding hydrogens is 711 g/mol. The zero-order chi connectivity index (χ0) is 39.7. The molecule has 9 rings (SSSR count). The van der Waals surface area contributed by atoms with Crippen molar-refractivity contribution in [3.05, 3.63) is 70.4 Å². The fourth-order valence-electron chi connectivity index (χ4n) is 13.2. The molecule has 1 spiro atoms. The predicted molar refractivity (Wildman–Crippen MR) is 213 cm³/mol. The molecule has 1 saturated carbocycles. The lowest BCUT2D eigenvalue weighted by molar-refractivity contribution is -0.201. The molecule has 1 aliphatic carbocycles. The number of nitrogens with two attached hydrogens (primary N) is 1. The highest BCUT2D eigenvalue weighted by atomic mass is 16.5. The number of esters is 1. The summed E-state index contributed by atoms with van der Waals surface area (Å²) in [6, 6.07) is 9.21. The quantitative estimate of drug-likeness (QED) is 0.186. The van der Waals surface area contributed by atoms with Crippen LogP contribution in [0.1, 0.15) is 73.9 Å². The highest BCUT2D eigenvalue weighted by molar-refractivity contribution is 5.95. The zero-order valence-corrected chi connectivity index (χ0v) is 33.5. The van der Waals surface area contributed by atoms with Crippen molar-refractivity contribution >= 4 is 28.5 Å². The van der Waals surface area contributed by atoms with Crippen LogP contribution in [0.5, 0.6) is 5.75 Å². The summed E-state index contributed by atoms with van der Waals surface area (Å²) in [5.41, 5.74) is 5.85. The van der Waals surface area contributed by atoms with Crippen molar-refractivity contribution in [2.75, 3.05) is 58.9 Å². The number of aromatic amines is 1. The topological polar surface area (TPSA) is 165 Å². The first-order valence-electron chi connectivity index (χ1n) is 20.4. The number of carbonyl (C=O) groups excluding carboxylic acids is 2. The molecule has 6 heterocycles. The maximum atomic E-state index is 15.3. The lowest BCUT2D eigenvalue weighted by Crippen LogP contribution is -2.81. The fraction of sp³-hybridized carbons (Fsp3) is 0.591. The number of aromatic nitrogens is 1. The Morgan fingerprint density at radius 2 is 1.82 bits per heavy atom. The average Bonchev–Trinajstić information content (AvgIpc) is 3.84.